The van der Waals surface area contributed by atoms with Crippen molar-refractivity contribution in [3.8, 4) is 0 Å². The Hall–Kier alpha value is -0.790. The molecule has 0 unspecified atom stereocenters. The molecule has 0 aromatic rings. The second-order valence-corrected chi connectivity index (χ2v) is 6.48. The lowest BCUT2D eigenvalue weighted by Gasteiger charge is -2.42. The molecule has 0 heterocycles. The molecular formula is C16H27NO. The molecule has 0 saturated heterocycles. The van der Waals surface area contributed by atoms with Crippen molar-refractivity contribution in [2.24, 2.45) is 11.8 Å². The fourth-order valence-corrected chi connectivity index (χ4v) is 3.94. The van der Waals surface area contributed by atoms with E-state index in [1.165, 1.54) is 51.4 Å². The summed E-state index contributed by atoms with van der Waals surface area (Å²) in [5, 5.41) is 3.34. The van der Waals surface area contributed by atoms with Gasteiger partial charge in [0, 0.05) is 11.1 Å². The number of carbonyl (C=O) groups excluding carboxylic acids is 1. The fraction of sp³-hybridized carbons (Fsp3) is 0.812. The molecule has 18 heavy (non-hydrogen) atoms. The van der Waals surface area contributed by atoms with Crippen LogP contribution in [-0.4, -0.2) is 11.4 Å². The zero-order valence-corrected chi connectivity index (χ0v) is 11.9. The second kappa shape index (κ2) is 5.46. The predicted octanol–water partition coefficient (Wildman–Crippen LogP) is 3.82. The minimum absolute atomic E-state index is 0.00301. The lowest BCUT2D eigenvalue weighted by molar-refractivity contribution is -0.120. The Kier molecular flexibility index (Phi) is 4.14. The zero-order valence-electron chi connectivity index (χ0n) is 11.9. The van der Waals surface area contributed by atoms with E-state index in [2.05, 4.69) is 18.8 Å². The Labute approximate surface area is 111 Å². The van der Waals surface area contributed by atoms with E-state index in [1.807, 2.05) is 0 Å². The number of carbonyl (C=O) groups is 1. The van der Waals surface area contributed by atoms with E-state index in [0.29, 0.717) is 17.4 Å². The molecular weight excluding hydrogens is 222 g/mol. The van der Waals surface area contributed by atoms with Gasteiger partial charge in [-0.3, -0.25) is 4.79 Å². The van der Waals surface area contributed by atoms with Crippen molar-refractivity contribution in [2.75, 3.05) is 0 Å². The average molecular weight is 249 g/mol. The highest BCUT2D eigenvalue weighted by Gasteiger charge is 2.44. The summed E-state index contributed by atoms with van der Waals surface area (Å²) in [6.45, 7) is 7.88. The lowest BCUT2D eigenvalue weighted by atomic mass is 9.73. The molecule has 2 aliphatic rings. The Balaban J connectivity index is 2.15. The molecule has 0 aromatic carbocycles. The standard InChI is InChI=1S/C16H27NO/c1-12(2)15(18)17-16(3,13-8-4-5-9-13)14-10-6-7-11-14/h13-14H,1,4-11H2,2-3H3,(H,17,18). The number of hydrogen-bond acceptors (Lipinski definition) is 1. The highest BCUT2D eigenvalue weighted by Crippen LogP contribution is 2.44. The maximum Gasteiger partial charge on any atom is 0.246 e. The van der Waals surface area contributed by atoms with Gasteiger partial charge in [0.25, 0.3) is 0 Å². The summed E-state index contributed by atoms with van der Waals surface area (Å²) in [5.74, 6) is 1.39. The molecule has 0 spiro atoms. The SMILES string of the molecule is C=C(C)C(=O)NC(C)(C1CCCC1)C1CCCC1. The first-order valence-electron chi connectivity index (χ1n) is 7.52. The summed E-state index contributed by atoms with van der Waals surface area (Å²) in [5.41, 5.74) is 0.639. The van der Waals surface area contributed by atoms with E-state index >= 15 is 0 Å². The van der Waals surface area contributed by atoms with Crippen LogP contribution in [0.5, 0.6) is 0 Å². The molecule has 0 bridgehead atoms. The normalized spacial score (nSPS) is 22.3. The summed E-state index contributed by atoms with van der Waals surface area (Å²) in [7, 11) is 0. The summed E-state index contributed by atoms with van der Waals surface area (Å²) in [4.78, 5) is 12.1. The first kappa shape index (κ1) is 13.6. The quantitative estimate of drug-likeness (QED) is 0.754. The Morgan fingerprint density at radius 1 is 1.06 bits per heavy atom. The van der Waals surface area contributed by atoms with Crippen LogP contribution in [0.25, 0.3) is 0 Å². The number of amides is 1. The van der Waals surface area contributed by atoms with Gasteiger partial charge in [-0.25, -0.2) is 0 Å². The highest BCUT2D eigenvalue weighted by atomic mass is 16.1. The van der Waals surface area contributed by atoms with Crippen molar-refractivity contribution in [2.45, 2.75) is 70.8 Å². The molecule has 2 heteroatoms. The topological polar surface area (TPSA) is 29.1 Å². The van der Waals surface area contributed by atoms with Crippen molar-refractivity contribution in [1.29, 1.82) is 0 Å². The zero-order chi connectivity index (χ0) is 13.2. The van der Waals surface area contributed by atoms with Gasteiger partial charge in [-0.15, -0.1) is 0 Å². The average Bonchev–Trinajstić information content (AvgIpc) is 3.02. The molecule has 2 fully saturated rings. The van der Waals surface area contributed by atoms with Crippen molar-refractivity contribution in [3.05, 3.63) is 12.2 Å². The van der Waals surface area contributed by atoms with Crippen molar-refractivity contribution in [3.63, 3.8) is 0 Å². The summed E-state index contributed by atoms with van der Waals surface area (Å²) < 4.78 is 0. The van der Waals surface area contributed by atoms with E-state index in [0.717, 1.165) is 0 Å². The highest BCUT2D eigenvalue weighted by molar-refractivity contribution is 5.92. The van der Waals surface area contributed by atoms with Gasteiger partial charge in [0.05, 0.1) is 0 Å². The molecule has 0 aliphatic heterocycles. The summed E-state index contributed by atoms with van der Waals surface area (Å²) in [6.07, 6.45) is 10.4. The van der Waals surface area contributed by atoms with Crippen LogP contribution in [0.2, 0.25) is 0 Å². The maximum absolute atomic E-state index is 12.1. The van der Waals surface area contributed by atoms with Gasteiger partial charge in [-0.05, 0) is 51.4 Å². The van der Waals surface area contributed by atoms with Crippen LogP contribution in [0.3, 0.4) is 0 Å². The van der Waals surface area contributed by atoms with Crippen LogP contribution in [0.15, 0.2) is 12.2 Å². The van der Waals surface area contributed by atoms with Crippen LogP contribution in [-0.2, 0) is 4.79 Å². The van der Waals surface area contributed by atoms with Gasteiger partial charge >= 0.3 is 0 Å². The number of hydrogen-bond donors (Lipinski definition) is 1. The van der Waals surface area contributed by atoms with Crippen molar-refractivity contribution >= 4 is 5.91 Å². The molecule has 2 nitrogen and oxygen atoms in total. The monoisotopic (exact) mass is 249 g/mol. The largest absolute Gasteiger partial charge is 0.347 e. The minimum atomic E-state index is 0.00301. The molecule has 2 saturated carbocycles. The van der Waals surface area contributed by atoms with E-state index < -0.39 is 0 Å². The molecule has 0 atom stereocenters. The van der Waals surface area contributed by atoms with Gasteiger partial charge in [0.15, 0.2) is 0 Å². The van der Waals surface area contributed by atoms with Crippen molar-refractivity contribution < 1.29 is 4.79 Å². The Morgan fingerprint density at radius 3 is 1.78 bits per heavy atom. The van der Waals surface area contributed by atoms with Gasteiger partial charge in [0.1, 0.15) is 0 Å². The third-order valence-electron chi connectivity index (χ3n) is 5.18. The Morgan fingerprint density at radius 2 is 1.44 bits per heavy atom. The van der Waals surface area contributed by atoms with Crippen LogP contribution in [0.4, 0.5) is 0 Å². The van der Waals surface area contributed by atoms with E-state index in [1.54, 1.807) is 6.92 Å². The third-order valence-corrected chi connectivity index (χ3v) is 5.18. The first-order valence-corrected chi connectivity index (χ1v) is 7.52. The first-order chi connectivity index (χ1) is 8.54. The van der Waals surface area contributed by atoms with Gasteiger partial charge in [0.2, 0.25) is 5.91 Å². The molecule has 102 valence electrons. The molecule has 1 N–H and O–H groups in total. The van der Waals surface area contributed by atoms with Gasteiger partial charge in [-0.1, -0.05) is 32.3 Å². The number of nitrogens with one attached hydrogen (secondary N) is 1. The van der Waals surface area contributed by atoms with E-state index in [-0.39, 0.29) is 11.4 Å². The van der Waals surface area contributed by atoms with Crippen molar-refractivity contribution in [1.82, 2.24) is 5.32 Å². The minimum Gasteiger partial charge on any atom is -0.347 e. The predicted molar refractivity (Wildman–Crippen MR) is 75.3 cm³/mol. The van der Waals surface area contributed by atoms with Crippen LogP contribution in [0.1, 0.15) is 65.2 Å². The van der Waals surface area contributed by atoms with Crippen LogP contribution >= 0.6 is 0 Å². The number of rotatable bonds is 4. The Bertz CT molecular complexity index is 306. The molecule has 1 amide bonds. The molecule has 0 radical (unpaired) electrons. The lowest BCUT2D eigenvalue weighted by Crippen LogP contribution is -2.55. The summed E-state index contributed by atoms with van der Waals surface area (Å²) in [6, 6.07) is 0. The molecule has 2 aliphatic carbocycles. The molecule has 0 aromatic heterocycles. The van der Waals surface area contributed by atoms with Gasteiger partial charge in [-0.2, -0.15) is 0 Å². The fourth-order valence-electron chi connectivity index (χ4n) is 3.94. The van der Waals surface area contributed by atoms with Crippen LogP contribution < -0.4 is 5.32 Å². The summed E-state index contributed by atoms with van der Waals surface area (Å²) >= 11 is 0. The van der Waals surface area contributed by atoms with Crippen LogP contribution in [0, 0.1) is 11.8 Å². The molecule has 2 rings (SSSR count). The van der Waals surface area contributed by atoms with E-state index in [9.17, 15) is 4.79 Å². The van der Waals surface area contributed by atoms with Gasteiger partial charge < -0.3 is 5.32 Å². The van der Waals surface area contributed by atoms with E-state index in [4.69, 9.17) is 0 Å². The second-order valence-electron chi connectivity index (χ2n) is 6.48. The third kappa shape index (κ3) is 2.62. The smallest absolute Gasteiger partial charge is 0.246 e. The maximum atomic E-state index is 12.1.